The molecule has 92 valence electrons. The Labute approximate surface area is 99.1 Å². The summed E-state index contributed by atoms with van der Waals surface area (Å²) in [5.41, 5.74) is -0.445. The van der Waals surface area contributed by atoms with Crippen molar-refractivity contribution in [2.75, 3.05) is 5.32 Å². The average molecular weight is 237 g/mol. The molecule has 6 nitrogen and oxygen atoms in total. The van der Waals surface area contributed by atoms with Crippen LogP contribution >= 0.6 is 0 Å². The van der Waals surface area contributed by atoms with Crippen LogP contribution in [-0.4, -0.2) is 27.6 Å². The maximum absolute atomic E-state index is 11.5. The third-order valence-corrected chi connectivity index (χ3v) is 1.76. The number of aromatic carboxylic acids is 1. The van der Waals surface area contributed by atoms with Crippen LogP contribution in [0.15, 0.2) is 18.3 Å². The molecule has 0 saturated heterocycles. The zero-order chi connectivity index (χ0) is 13.1. The van der Waals surface area contributed by atoms with Gasteiger partial charge in [-0.25, -0.2) is 14.6 Å². The molecule has 0 bridgehead atoms. The summed E-state index contributed by atoms with van der Waals surface area (Å²) < 4.78 is 0. The number of urea groups is 1. The fourth-order valence-corrected chi connectivity index (χ4v) is 1.16. The van der Waals surface area contributed by atoms with E-state index in [2.05, 4.69) is 15.6 Å². The van der Waals surface area contributed by atoms with E-state index >= 15 is 0 Å². The molecule has 0 atom stereocenters. The number of nitrogens with zero attached hydrogens (tertiary/aromatic N) is 1. The van der Waals surface area contributed by atoms with E-state index in [1.165, 1.54) is 18.3 Å². The number of rotatable bonds is 2. The van der Waals surface area contributed by atoms with Gasteiger partial charge in [-0.1, -0.05) is 0 Å². The van der Waals surface area contributed by atoms with Crippen LogP contribution in [0.3, 0.4) is 0 Å². The third-order valence-electron chi connectivity index (χ3n) is 1.76. The standard InChI is InChI=1S/C11H15N3O3/c1-11(2,3)14-10(17)13-8-7(9(15)16)5-4-6-12-8/h4-6H,1-3H3,(H,15,16)(H2,12,13,14,17). The van der Waals surface area contributed by atoms with Crippen molar-refractivity contribution in [3.05, 3.63) is 23.9 Å². The van der Waals surface area contributed by atoms with Gasteiger partial charge in [-0.3, -0.25) is 5.32 Å². The molecule has 1 rings (SSSR count). The van der Waals surface area contributed by atoms with E-state index in [9.17, 15) is 9.59 Å². The van der Waals surface area contributed by atoms with Gasteiger partial charge in [0, 0.05) is 11.7 Å². The Kier molecular flexibility index (Phi) is 3.67. The summed E-state index contributed by atoms with van der Waals surface area (Å²) in [7, 11) is 0. The summed E-state index contributed by atoms with van der Waals surface area (Å²) in [6, 6.07) is 2.39. The molecule has 0 aromatic carbocycles. The molecule has 0 saturated carbocycles. The van der Waals surface area contributed by atoms with E-state index in [4.69, 9.17) is 5.11 Å². The second kappa shape index (κ2) is 4.82. The van der Waals surface area contributed by atoms with E-state index in [1.54, 1.807) is 0 Å². The monoisotopic (exact) mass is 237 g/mol. The molecule has 0 aliphatic heterocycles. The summed E-state index contributed by atoms with van der Waals surface area (Å²) in [4.78, 5) is 26.2. The molecule has 0 aliphatic carbocycles. The van der Waals surface area contributed by atoms with Gasteiger partial charge in [0.05, 0.1) is 0 Å². The molecule has 2 amide bonds. The minimum Gasteiger partial charge on any atom is -0.478 e. The number of carbonyl (C=O) groups is 2. The van der Waals surface area contributed by atoms with Crippen molar-refractivity contribution in [2.24, 2.45) is 0 Å². The summed E-state index contributed by atoms with van der Waals surface area (Å²) in [6.45, 7) is 5.47. The normalized spacial score (nSPS) is 10.8. The molecule has 0 unspecified atom stereocenters. The van der Waals surface area contributed by atoms with Crippen molar-refractivity contribution < 1.29 is 14.7 Å². The molecule has 0 spiro atoms. The first-order chi connectivity index (χ1) is 7.79. The quantitative estimate of drug-likeness (QED) is 0.730. The largest absolute Gasteiger partial charge is 0.478 e. The van der Waals surface area contributed by atoms with Crippen LogP contribution in [0.2, 0.25) is 0 Å². The van der Waals surface area contributed by atoms with Crippen LogP contribution < -0.4 is 10.6 Å². The number of hydrogen-bond donors (Lipinski definition) is 3. The SMILES string of the molecule is CC(C)(C)NC(=O)Nc1ncccc1C(=O)O. The fourth-order valence-electron chi connectivity index (χ4n) is 1.16. The average Bonchev–Trinajstić information content (AvgIpc) is 2.14. The Hall–Kier alpha value is -2.11. The zero-order valence-electron chi connectivity index (χ0n) is 9.94. The molecule has 1 aromatic rings. The number of carboxylic acids is 1. The van der Waals surface area contributed by atoms with Crippen molar-refractivity contribution in [1.29, 1.82) is 0 Å². The second-order valence-corrected chi connectivity index (χ2v) is 4.53. The van der Waals surface area contributed by atoms with E-state index < -0.39 is 17.5 Å². The van der Waals surface area contributed by atoms with Gasteiger partial charge in [-0.2, -0.15) is 0 Å². The van der Waals surface area contributed by atoms with Crippen LogP contribution in [0.5, 0.6) is 0 Å². The first kappa shape index (κ1) is 13.0. The van der Waals surface area contributed by atoms with Gasteiger partial charge in [0.15, 0.2) is 0 Å². The number of pyridine rings is 1. The molecule has 1 heterocycles. The van der Waals surface area contributed by atoms with Crippen LogP contribution in [-0.2, 0) is 0 Å². The Morgan fingerprint density at radius 3 is 2.53 bits per heavy atom. The highest BCUT2D eigenvalue weighted by Gasteiger charge is 2.17. The van der Waals surface area contributed by atoms with Crippen molar-refractivity contribution in [1.82, 2.24) is 10.3 Å². The topological polar surface area (TPSA) is 91.3 Å². The maximum Gasteiger partial charge on any atom is 0.339 e. The lowest BCUT2D eigenvalue weighted by Crippen LogP contribution is -2.43. The zero-order valence-corrected chi connectivity index (χ0v) is 9.94. The Balaban J connectivity index is 2.82. The lowest BCUT2D eigenvalue weighted by Gasteiger charge is -2.20. The van der Waals surface area contributed by atoms with Crippen molar-refractivity contribution in [2.45, 2.75) is 26.3 Å². The summed E-state index contributed by atoms with van der Waals surface area (Å²) >= 11 is 0. The predicted molar refractivity (Wildman–Crippen MR) is 63.1 cm³/mol. The molecule has 17 heavy (non-hydrogen) atoms. The van der Waals surface area contributed by atoms with Crippen molar-refractivity contribution >= 4 is 17.8 Å². The van der Waals surface area contributed by atoms with Gasteiger partial charge in [0.2, 0.25) is 0 Å². The number of amides is 2. The Morgan fingerprint density at radius 2 is 2.00 bits per heavy atom. The smallest absolute Gasteiger partial charge is 0.339 e. The van der Waals surface area contributed by atoms with E-state index in [-0.39, 0.29) is 11.4 Å². The number of anilines is 1. The van der Waals surface area contributed by atoms with E-state index in [0.29, 0.717) is 0 Å². The van der Waals surface area contributed by atoms with Crippen LogP contribution in [0.4, 0.5) is 10.6 Å². The number of hydrogen-bond acceptors (Lipinski definition) is 3. The van der Waals surface area contributed by atoms with Crippen LogP contribution in [0.1, 0.15) is 31.1 Å². The molecular formula is C11H15N3O3. The highest BCUT2D eigenvalue weighted by atomic mass is 16.4. The molecule has 0 radical (unpaired) electrons. The van der Waals surface area contributed by atoms with Crippen LogP contribution in [0.25, 0.3) is 0 Å². The van der Waals surface area contributed by atoms with Gasteiger partial charge in [0.25, 0.3) is 0 Å². The number of carbonyl (C=O) groups excluding carboxylic acids is 1. The van der Waals surface area contributed by atoms with Gasteiger partial charge in [-0.15, -0.1) is 0 Å². The van der Waals surface area contributed by atoms with Crippen molar-refractivity contribution in [3.8, 4) is 0 Å². The van der Waals surface area contributed by atoms with Crippen LogP contribution in [0, 0.1) is 0 Å². The van der Waals surface area contributed by atoms with Gasteiger partial charge >= 0.3 is 12.0 Å². The van der Waals surface area contributed by atoms with E-state index in [0.717, 1.165) is 0 Å². The minimum absolute atomic E-state index is 0.0294. The fraction of sp³-hybridized carbons (Fsp3) is 0.364. The number of aromatic nitrogens is 1. The molecular weight excluding hydrogens is 222 g/mol. The Bertz CT molecular complexity index is 438. The molecule has 6 heteroatoms. The highest BCUT2D eigenvalue weighted by molar-refractivity contribution is 5.98. The molecule has 0 fully saturated rings. The summed E-state index contributed by atoms with van der Waals surface area (Å²) in [5.74, 6) is -1.11. The second-order valence-electron chi connectivity index (χ2n) is 4.53. The third kappa shape index (κ3) is 4.10. The van der Waals surface area contributed by atoms with Gasteiger partial charge < -0.3 is 10.4 Å². The predicted octanol–water partition coefficient (Wildman–Crippen LogP) is 1.70. The first-order valence-corrected chi connectivity index (χ1v) is 5.07. The lowest BCUT2D eigenvalue weighted by molar-refractivity contribution is 0.0697. The molecule has 1 aromatic heterocycles. The van der Waals surface area contributed by atoms with Gasteiger partial charge in [-0.05, 0) is 32.9 Å². The highest BCUT2D eigenvalue weighted by Crippen LogP contribution is 2.11. The van der Waals surface area contributed by atoms with E-state index in [1.807, 2.05) is 20.8 Å². The van der Waals surface area contributed by atoms with Crippen molar-refractivity contribution in [3.63, 3.8) is 0 Å². The Morgan fingerprint density at radius 1 is 1.35 bits per heavy atom. The van der Waals surface area contributed by atoms with Gasteiger partial charge in [0.1, 0.15) is 11.4 Å². The first-order valence-electron chi connectivity index (χ1n) is 5.07. The maximum atomic E-state index is 11.5. The molecule has 3 N–H and O–H groups in total. The summed E-state index contributed by atoms with van der Waals surface area (Å²) in [5, 5.41) is 14.0. The summed E-state index contributed by atoms with van der Waals surface area (Å²) in [6.07, 6.45) is 1.42. The molecule has 0 aliphatic rings. The lowest BCUT2D eigenvalue weighted by atomic mass is 10.1. The number of carboxylic acid groups (broad SMARTS) is 1. The number of nitrogens with one attached hydrogen (secondary N) is 2. The minimum atomic E-state index is -1.14.